The van der Waals surface area contributed by atoms with Crippen LogP contribution in [0.1, 0.15) is 13.3 Å². The minimum absolute atomic E-state index is 0.0803. The Morgan fingerprint density at radius 1 is 1.67 bits per heavy atom. The van der Waals surface area contributed by atoms with Crippen molar-refractivity contribution in [2.45, 2.75) is 31.6 Å². The summed E-state index contributed by atoms with van der Waals surface area (Å²) in [5, 5.41) is 0. The van der Waals surface area contributed by atoms with Gasteiger partial charge in [-0.05, 0) is 6.42 Å². The van der Waals surface area contributed by atoms with Gasteiger partial charge in [-0.15, -0.1) is 12.2 Å². The standard InChI is InChI=1S/C8H16BO3PS2/c1-3-13(14,15)12-6-4-8(9)11-7(6)5-10-2/h6-8H,3-5H2,1-2H3,(H,14,15)/t6?,7-,8-/m1/s1. The number of ether oxygens (including phenoxy) is 2. The summed E-state index contributed by atoms with van der Waals surface area (Å²) in [5.41, 5.74) is -1.97. The molecule has 86 valence electrons. The van der Waals surface area contributed by atoms with E-state index in [4.69, 9.17) is 33.7 Å². The molecule has 1 rings (SSSR count). The summed E-state index contributed by atoms with van der Waals surface area (Å²) in [6.45, 7) is 2.46. The van der Waals surface area contributed by atoms with Gasteiger partial charge in [0, 0.05) is 19.3 Å². The van der Waals surface area contributed by atoms with Crippen LogP contribution in [0.15, 0.2) is 0 Å². The molecular formula is C8H16BO3PS2. The Kier molecular flexibility index (Phi) is 5.64. The normalized spacial score (nSPS) is 35.3. The Morgan fingerprint density at radius 3 is 2.87 bits per heavy atom. The van der Waals surface area contributed by atoms with Crippen LogP contribution in [0.2, 0.25) is 0 Å². The number of thiol groups is 1. The quantitative estimate of drug-likeness (QED) is 0.464. The molecule has 0 aromatic carbocycles. The summed E-state index contributed by atoms with van der Waals surface area (Å²) in [6, 6.07) is -0.282. The summed E-state index contributed by atoms with van der Waals surface area (Å²) in [6.07, 6.45) is 1.22. The highest BCUT2D eigenvalue weighted by Gasteiger charge is 2.35. The van der Waals surface area contributed by atoms with E-state index in [0.29, 0.717) is 13.0 Å². The molecule has 1 aliphatic rings. The lowest BCUT2D eigenvalue weighted by Crippen LogP contribution is -2.27. The van der Waals surface area contributed by atoms with E-state index in [9.17, 15) is 0 Å². The van der Waals surface area contributed by atoms with E-state index < -0.39 is 5.47 Å². The average Bonchev–Trinajstić information content (AvgIpc) is 2.47. The zero-order valence-corrected chi connectivity index (χ0v) is 11.6. The average molecular weight is 266 g/mol. The van der Waals surface area contributed by atoms with Gasteiger partial charge in [0.05, 0.1) is 12.7 Å². The fourth-order valence-corrected chi connectivity index (χ4v) is 2.95. The van der Waals surface area contributed by atoms with Crippen LogP contribution in [0.5, 0.6) is 0 Å². The van der Waals surface area contributed by atoms with E-state index in [0.717, 1.165) is 6.16 Å². The minimum Gasteiger partial charge on any atom is -0.382 e. The van der Waals surface area contributed by atoms with Gasteiger partial charge in [0.2, 0.25) is 0 Å². The summed E-state index contributed by atoms with van der Waals surface area (Å²) >= 11 is 9.64. The van der Waals surface area contributed by atoms with Gasteiger partial charge < -0.3 is 14.0 Å². The van der Waals surface area contributed by atoms with Gasteiger partial charge in [-0.1, -0.05) is 18.7 Å². The molecule has 1 heterocycles. The molecule has 4 atom stereocenters. The van der Waals surface area contributed by atoms with Gasteiger partial charge in [-0.25, -0.2) is 0 Å². The van der Waals surface area contributed by atoms with Crippen LogP contribution in [-0.2, 0) is 25.8 Å². The topological polar surface area (TPSA) is 27.7 Å². The number of rotatable bonds is 5. The van der Waals surface area contributed by atoms with Gasteiger partial charge in [0.15, 0.2) is 0 Å². The molecule has 0 spiro atoms. The Bertz CT molecular complexity index is 254. The third-order valence-electron chi connectivity index (χ3n) is 2.26. The summed E-state index contributed by atoms with van der Waals surface area (Å²) in [4.78, 5) is 0. The maximum Gasteiger partial charge on any atom is 0.117 e. The molecule has 1 saturated heterocycles. The Balaban J connectivity index is 2.55. The zero-order chi connectivity index (χ0) is 11.5. The van der Waals surface area contributed by atoms with Gasteiger partial charge in [-0.3, -0.25) is 0 Å². The van der Waals surface area contributed by atoms with Gasteiger partial charge in [0.25, 0.3) is 0 Å². The number of hydrogen-bond donors (Lipinski definition) is 1. The second-order valence-electron chi connectivity index (χ2n) is 3.50. The van der Waals surface area contributed by atoms with Crippen molar-refractivity contribution < 1.29 is 14.0 Å². The molecule has 2 radical (unpaired) electrons. The molecule has 7 heteroatoms. The van der Waals surface area contributed by atoms with Crippen LogP contribution in [-0.4, -0.2) is 45.9 Å². The van der Waals surface area contributed by atoms with Crippen molar-refractivity contribution in [2.75, 3.05) is 19.9 Å². The van der Waals surface area contributed by atoms with E-state index in [-0.39, 0.29) is 18.2 Å². The van der Waals surface area contributed by atoms with Crippen molar-refractivity contribution in [3.8, 4) is 0 Å². The highest BCUT2D eigenvalue weighted by molar-refractivity contribution is 8.61. The monoisotopic (exact) mass is 266 g/mol. The molecule has 3 nitrogen and oxygen atoms in total. The van der Waals surface area contributed by atoms with Crippen molar-refractivity contribution >= 4 is 37.4 Å². The molecular weight excluding hydrogens is 250 g/mol. The molecule has 0 aromatic heterocycles. The third kappa shape index (κ3) is 4.37. The summed E-state index contributed by atoms with van der Waals surface area (Å²) in [5.74, 6) is 0. The molecule has 0 saturated carbocycles. The summed E-state index contributed by atoms with van der Waals surface area (Å²) in [7, 11) is 7.33. The number of methoxy groups -OCH3 is 1. The highest BCUT2D eigenvalue weighted by Crippen LogP contribution is 2.54. The maximum absolute atomic E-state index is 5.79. The molecule has 1 aliphatic heterocycles. The van der Waals surface area contributed by atoms with Crippen LogP contribution in [0, 0.1) is 0 Å². The Morgan fingerprint density at radius 2 is 2.33 bits per heavy atom. The largest absolute Gasteiger partial charge is 0.382 e. The smallest absolute Gasteiger partial charge is 0.117 e. The van der Waals surface area contributed by atoms with Crippen LogP contribution in [0.4, 0.5) is 0 Å². The SMILES string of the molecule is [B][C@H]1CC(OP(=S)(S)CC)[C@@H](COC)O1. The van der Waals surface area contributed by atoms with Crippen molar-refractivity contribution in [3.05, 3.63) is 0 Å². The molecule has 0 N–H and O–H groups in total. The zero-order valence-electron chi connectivity index (χ0n) is 8.96. The molecule has 2 unspecified atom stereocenters. The molecule has 0 bridgehead atoms. The van der Waals surface area contributed by atoms with Gasteiger partial charge in [-0.2, -0.15) is 0 Å². The Labute approximate surface area is 103 Å². The van der Waals surface area contributed by atoms with E-state index >= 15 is 0 Å². The Hall–Kier alpha value is 0.945. The highest BCUT2D eigenvalue weighted by atomic mass is 32.9. The molecule has 0 aromatic rings. The van der Waals surface area contributed by atoms with Crippen molar-refractivity contribution in [2.24, 2.45) is 0 Å². The molecule has 1 fully saturated rings. The minimum atomic E-state index is -1.97. The first kappa shape index (κ1) is 14.0. The van der Waals surface area contributed by atoms with Crippen molar-refractivity contribution in [1.29, 1.82) is 0 Å². The van der Waals surface area contributed by atoms with Crippen LogP contribution in [0.3, 0.4) is 0 Å². The van der Waals surface area contributed by atoms with Crippen LogP contribution >= 0.6 is 17.7 Å². The molecule has 15 heavy (non-hydrogen) atoms. The molecule has 0 aliphatic carbocycles. The second kappa shape index (κ2) is 6.03. The first-order valence-electron chi connectivity index (χ1n) is 4.88. The van der Waals surface area contributed by atoms with Crippen molar-refractivity contribution in [3.63, 3.8) is 0 Å². The lowest BCUT2D eigenvalue weighted by molar-refractivity contribution is -0.00755. The predicted octanol–water partition coefficient (Wildman–Crippen LogP) is 1.56. The lowest BCUT2D eigenvalue weighted by Gasteiger charge is -2.23. The molecule has 0 amide bonds. The van der Waals surface area contributed by atoms with E-state index in [2.05, 4.69) is 12.2 Å². The first-order chi connectivity index (χ1) is 6.98. The van der Waals surface area contributed by atoms with E-state index in [1.165, 1.54) is 0 Å². The van der Waals surface area contributed by atoms with Gasteiger partial charge >= 0.3 is 0 Å². The predicted molar refractivity (Wildman–Crippen MR) is 69.6 cm³/mol. The van der Waals surface area contributed by atoms with E-state index in [1.807, 2.05) is 6.92 Å². The van der Waals surface area contributed by atoms with E-state index in [1.54, 1.807) is 7.11 Å². The van der Waals surface area contributed by atoms with Crippen LogP contribution in [0.25, 0.3) is 0 Å². The number of hydrogen-bond acceptors (Lipinski definition) is 4. The third-order valence-corrected chi connectivity index (χ3v) is 5.82. The lowest BCUT2D eigenvalue weighted by atomic mass is 9.96. The maximum atomic E-state index is 5.79. The van der Waals surface area contributed by atoms with Crippen LogP contribution < -0.4 is 0 Å². The fraction of sp³-hybridized carbons (Fsp3) is 1.00. The van der Waals surface area contributed by atoms with Crippen molar-refractivity contribution in [1.82, 2.24) is 0 Å². The second-order valence-corrected chi connectivity index (χ2v) is 10.1. The first-order valence-corrected chi connectivity index (χ1v) is 8.94. The fourth-order valence-electron chi connectivity index (χ4n) is 1.46. The van der Waals surface area contributed by atoms with Gasteiger partial charge in [0.1, 0.15) is 19.4 Å². The summed E-state index contributed by atoms with van der Waals surface area (Å²) < 4.78 is 16.3.